The molecule has 0 aliphatic carbocycles. The van der Waals surface area contributed by atoms with Crippen LogP contribution in [-0.2, 0) is 14.3 Å². The van der Waals surface area contributed by atoms with Crippen LogP contribution in [0.1, 0.15) is 38.2 Å². The molecule has 1 aliphatic heterocycles. The Morgan fingerprint density at radius 2 is 2.21 bits per heavy atom. The average molecular weight is 330 g/mol. The molecule has 1 heterocycles. The van der Waals surface area contributed by atoms with Crippen molar-refractivity contribution in [1.82, 2.24) is 0 Å². The van der Waals surface area contributed by atoms with E-state index in [0.29, 0.717) is 24.2 Å². The van der Waals surface area contributed by atoms with Crippen LogP contribution in [0, 0.1) is 17.1 Å². The van der Waals surface area contributed by atoms with Gasteiger partial charge in [0.25, 0.3) is 0 Å². The molecular formula is C18H19FN2O3. The van der Waals surface area contributed by atoms with Gasteiger partial charge in [0, 0.05) is 6.42 Å². The molecule has 1 aromatic rings. The molecular weight excluding hydrogens is 311 g/mol. The maximum atomic E-state index is 13.7. The lowest BCUT2D eigenvalue weighted by molar-refractivity contribution is -0.139. The fourth-order valence-electron chi connectivity index (χ4n) is 2.68. The second kappa shape index (κ2) is 7.64. The van der Waals surface area contributed by atoms with Crippen LogP contribution in [0.25, 0.3) is 0 Å². The lowest BCUT2D eigenvalue weighted by Crippen LogP contribution is -2.26. The van der Waals surface area contributed by atoms with Gasteiger partial charge in [-0.25, -0.2) is 9.18 Å². The molecule has 6 heteroatoms. The van der Waals surface area contributed by atoms with E-state index in [1.54, 1.807) is 13.0 Å². The predicted molar refractivity (Wildman–Crippen MR) is 85.6 cm³/mol. The summed E-state index contributed by atoms with van der Waals surface area (Å²) in [7, 11) is 0. The van der Waals surface area contributed by atoms with Gasteiger partial charge < -0.3 is 15.2 Å². The Balaban J connectivity index is 2.66. The first kappa shape index (κ1) is 17.5. The van der Waals surface area contributed by atoms with Gasteiger partial charge in [-0.15, -0.1) is 0 Å². The molecule has 2 rings (SSSR count). The summed E-state index contributed by atoms with van der Waals surface area (Å²) in [5.74, 6) is -1.56. The first-order valence-electron chi connectivity index (χ1n) is 7.76. The highest BCUT2D eigenvalue weighted by Crippen LogP contribution is 2.40. The maximum absolute atomic E-state index is 13.7. The van der Waals surface area contributed by atoms with E-state index in [9.17, 15) is 14.4 Å². The summed E-state index contributed by atoms with van der Waals surface area (Å²) in [5, 5.41) is 9.47. The van der Waals surface area contributed by atoms with Crippen LogP contribution in [0.15, 0.2) is 47.1 Å². The number of allylic oxidation sites excluding steroid dienone is 2. The zero-order valence-electron chi connectivity index (χ0n) is 13.6. The number of nitrogens with zero attached hydrogens (tertiary/aromatic N) is 1. The zero-order chi connectivity index (χ0) is 17.7. The number of hydrogen-bond acceptors (Lipinski definition) is 5. The van der Waals surface area contributed by atoms with Crippen molar-refractivity contribution in [1.29, 1.82) is 5.26 Å². The normalized spacial score (nSPS) is 17.3. The summed E-state index contributed by atoms with van der Waals surface area (Å²) in [4.78, 5) is 12.5. The number of halogens is 1. The third-order valence-corrected chi connectivity index (χ3v) is 3.65. The van der Waals surface area contributed by atoms with Crippen LogP contribution >= 0.6 is 0 Å². The number of benzene rings is 1. The van der Waals surface area contributed by atoms with Crippen LogP contribution < -0.4 is 5.73 Å². The number of esters is 1. The fourth-order valence-corrected chi connectivity index (χ4v) is 2.68. The maximum Gasteiger partial charge on any atom is 0.338 e. The lowest BCUT2D eigenvalue weighted by atomic mass is 9.82. The van der Waals surface area contributed by atoms with Crippen molar-refractivity contribution >= 4 is 5.97 Å². The van der Waals surface area contributed by atoms with Crippen LogP contribution in [0.4, 0.5) is 4.39 Å². The van der Waals surface area contributed by atoms with Crippen molar-refractivity contribution in [2.24, 2.45) is 5.73 Å². The average Bonchev–Trinajstić information content (AvgIpc) is 2.54. The van der Waals surface area contributed by atoms with E-state index in [1.165, 1.54) is 18.2 Å². The molecule has 0 unspecified atom stereocenters. The van der Waals surface area contributed by atoms with Gasteiger partial charge in [0.2, 0.25) is 5.88 Å². The predicted octanol–water partition coefficient (Wildman–Crippen LogP) is 3.25. The van der Waals surface area contributed by atoms with Crippen molar-refractivity contribution in [3.8, 4) is 6.07 Å². The minimum absolute atomic E-state index is 0.0664. The Hall–Kier alpha value is -2.81. The highest BCUT2D eigenvalue weighted by atomic mass is 19.1. The second-order valence-corrected chi connectivity index (χ2v) is 5.29. The summed E-state index contributed by atoms with van der Waals surface area (Å²) >= 11 is 0. The first-order valence-corrected chi connectivity index (χ1v) is 7.76. The Morgan fingerprint density at radius 1 is 1.46 bits per heavy atom. The van der Waals surface area contributed by atoms with E-state index in [1.807, 2.05) is 13.0 Å². The monoisotopic (exact) mass is 330 g/mol. The Bertz CT molecular complexity index is 747. The van der Waals surface area contributed by atoms with Crippen LogP contribution in [-0.4, -0.2) is 12.6 Å². The fraction of sp³-hybridized carbons (Fsp3) is 0.333. The highest BCUT2D eigenvalue weighted by Gasteiger charge is 2.37. The zero-order valence-corrected chi connectivity index (χ0v) is 13.6. The molecule has 0 fully saturated rings. The molecule has 0 aromatic heterocycles. The van der Waals surface area contributed by atoms with Gasteiger partial charge in [0.15, 0.2) is 0 Å². The van der Waals surface area contributed by atoms with Crippen molar-refractivity contribution in [3.05, 3.63) is 58.4 Å². The molecule has 0 radical (unpaired) electrons. The first-order chi connectivity index (χ1) is 11.5. The van der Waals surface area contributed by atoms with Crippen molar-refractivity contribution in [2.75, 3.05) is 6.61 Å². The van der Waals surface area contributed by atoms with Gasteiger partial charge in [-0.05, 0) is 31.0 Å². The van der Waals surface area contributed by atoms with Gasteiger partial charge in [0.05, 0.1) is 18.1 Å². The number of ether oxygens (including phenoxy) is 2. The summed E-state index contributed by atoms with van der Waals surface area (Å²) < 4.78 is 24.3. The van der Waals surface area contributed by atoms with Gasteiger partial charge in [-0.1, -0.05) is 19.1 Å². The third-order valence-electron chi connectivity index (χ3n) is 3.65. The van der Waals surface area contributed by atoms with Gasteiger partial charge in [0.1, 0.15) is 23.2 Å². The van der Waals surface area contributed by atoms with Crippen LogP contribution in [0.3, 0.4) is 0 Å². The number of rotatable bonds is 5. The molecule has 0 saturated heterocycles. The van der Waals surface area contributed by atoms with E-state index in [0.717, 1.165) is 0 Å². The molecule has 126 valence electrons. The van der Waals surface area contributed by atoms with E-state index >= 15 is 0 Å². The standard InChI is InChI=1S/C18H19FN2O3/c1-3-6-14-16(18(22)23-4-2)15(13(10-20)17(21)24-14)11-7-5-8-12(19)9-11/h5,7-9,15H,3-4,6,21H2,1-2H3/t15-/m1/s1. The number of nitriles is 1. The number of nitrogens with two attached hydrogens (primary N) is 1. The topological polar surface area (TPSA) is 85.3 Å². The molecule has 1 aliphatic rings. The molecule has 24 heavy (non-hydrogen) atoms. The third kappa shape index (κ3) is 3.40. The quantitative estimate of drug-likeness (QED) is 0.838. The summed E-state index contributed by atoms with van der Waals surface area (Å²) in [6, 6.07) is 7.72. The summed E-state index contributed by atoms with van der Waals surface area (Å²) in [6.07, 6.45) is 1.17. The van der Waals surface area contributed by atoms with Gasteiger partial charge in [-0.2, -0.15) is 5.26 Å². The van der Waals surface area contributed by atoms with E-state index in [-0.39, 0.29) is 23.6 Å². The Labute approximate surface area is 140 Å². The molecule has 0 spiro atoms. The molecule has 5 nitrogen and oxygen atoms in total. The SMILES string of the molecule is CCCC1=C(C(=O)OCC)[C@H](c2cccc(F)c2)C(C#N)=C(N)O1. The smallest absolute Gasteiger partial charge is 0.338 e. The summed E-state index contributed by atoms with van der Waals surface area (Å²) in [5.41, 5.74) is 6.60. The van der Waals surface area contributed by atoms with Crippen LogP contribution in [0.5, 0.6) is 0 Å². The number of carbonyl (C=O) groups excluding carboxylic acids is 1. The van der Waals surface area contributed by atoms with Crippen molar-refractivity contribution < 1.29 is 18.7 Å². The summed E-state index contributed by atoms with van der Waals surface area (Å²) in [6.45, 7) is 3.79. The van der Waals surface area contributed by atoms with Crippen molar-refractivity contribution in [3.63, 3.8) is 0 Å². The van der Waals surface area contributed by atoms with E-state index < -0.39 is 17.7 Å². The van der Waals surface area contributed by atoms with Crippen LogP contribution in [0.2, 0.25) is 0 Å². The molecule has 1 aromatic carbocycles. The Morgan fingerprint density at radius 3 is 2.79 bits per heavy atom. The highest BCUT2D eigenvalue weighted by molar-refractivity contribution is 5.92. The number of carbonyl (C=O) groups is 1. The van der Waals surface area contributed by atoms with Crippen molar-refractivity contribution in [2.45, 2.75) is 32.6 Å². The lowest BCUT2D eigenvalue weighted by Gasteiger charge is -2.28. The molecule has 1 atom stereocenters. The molecule has 2 N–H and O–H groups in total. The largest absolute Gasteiger partial charge is 0.463 e. The second-order valence-electron chi connectivity index (χ2n) is 5.29. The molecule has 0 bridgehead atoms. The van der Waals surface area contributed by atoms with E-state index in [2.05, 4.69) is 0 Å². The number of hydrogen-bond donors (Lipinski definition) is 1. The molecule has 0 saturated carbocycles. The van der Waals surface area contributed by atoms with Gasteiger partial charge in [-0.3, -0.25) is 0 Å². The minimum atomic E-state index is -0.806. The molecule has 0 amide bonds. The van der Waals surface area contributed by atoms with E-state index in [4.69, 9.17) is 15.2 Å². The Kier molecular flexibility index (Phi) is 5.59. The van der Waals surface area contributed by atoms with Gasteiger partial charge >= 0.3 is 5.97 Å². The minimum Gasteiger partial charge on any atom is -0.463 e.